The van der Waals surface area contributed by atoms with Gasteiger partial charge in [0.1, 0.15) is 18.9 Å². The van der Waals surface area contributed by atoms with Crippen molar-refractivity contribution in [2.24, 2.45) is 0 Å². The number of amides is 1. The largest absolute Gasteiger partial charge is 0.486 e. The smallest absolute Gasteiger partial charge is 0.271 e. The number of ether oxygens (including phenoxy) is 2. The van der Waals surface area contributed by atoms with Gasteiger partial charge in [-0.25, -0.2) is 4.98 Å². The van der Waals surface area contributed by atoms with Crippen molar-refractivity contribution in [1.29, 1.82) is 0 Å². The molecule has 0 unspecified atom stereocenters. The molecule has 6 nitrogen and oxygen atoms in total. The maximum absolute atomic E-state index is 12.1. The van der Waals surface area contributed by atoms with Crippen molar-refractivity contribution in [1.82, 2.24) is 15.3 Å². The van der Waals surface area contributed by atoms with Gasteiger partial charge >= 0.3 is 0 Å². The van der Waals surface area contributed by atoms with E-state index in [-0.39, 0.29) is 17.6 Å². The number of fused-ring (bicyclic) bond motifs is 1. The van der Waals surface area contributed by atoms with Gasteiger partial charge in [-0.3, -0.25) is 9.78 Å². The summed E-state index contributed by atoms with van der Waals surface area (Å²) in [5.41, 5.74) is 1.18. The summed E-state index contributed by atoms with van der Waals surface area (Å²) in [6.07, 6.45) is 4.44. The van der Waals surface area contributed by atoms with Crippen LogP contribution in [0.3, 0.4) is 0 Å². The van der Waals surface area contributed by atoms with Crippen molar-refractivity contribution >= 4 is 21.8 Å². The lowest BCUT2D eigenvalue weighted by Gasteiger charge is -2.22. The van der Waals surface area contributed by atoms with Crippen LogP contribution in [0.2, 0.25) is 0 Å². The number of hydrogen-bond acceptors (Lipinski definition) is 5. The van der Waals surface area contributed by atoms with Gasteiger partial charge in [0.15, 0.2) is 11.5 Å². The van der Waals surface area contributed by atoms with Gasteiger partial charge in [-0.1, -0.05) is 15.9 Å². The first-order valence-corrected chi connectivity index (χ1v) is 7.60. The van der Waals surface area contributed by atoms with E-state index in [2.05, 4.69) is 31.2 Å². The Bertz CT molecular complexity index is 694. The van der Waals surface area contributed by atoms with Crippen LogP contribution >= 0.6 is 15.9 Å². The number of hydrogen-bond donors (Lipinski definition) is 1. The van der Waals surface area contributed by atoms with E-state index in [1.54, 1.807) is 0 Å². The second-order valence-electron chi connectivity index (χ2n) is 4.80. The summed E-state index contributed by atoms with van der Waals surface area (Å²) < 4.78 is 12.0. The van der Waals surface area contributed by atoms with Crippen molar-refractivity contribution in [3.05, 3.63) is 46.5 Å². The third-order valence-electron chi connectivity index (χ3n) is 3.27. The number of carbonyl (C=O) groups excluding carboxylic acids is 1. The molecule has 1 aliphatic rings. The van der Waals surface area contributed by atoms with E-state index >= 15 is 0 Å². The average Bonchev–Trinajstić information content (AvgIpc) is 2.54. The molecule has 0 aliphatic carbocycles. The van der Waals surface area contributed by atoms with E-state index in [0.717, 1.165) is 10.0 Å². The molecule has 2 aromatic rings. The van der Waals surface area contributed by atoms with Crippen molar-refractivity contribution in [2.45, 2.75) is 13.0 Å². The number of nitrogens with zero attached hydrogens (tertiary/aromatic N) is 2. The molecular formula is C15H14BrN3O3. The Morgan fingerprint density at radius 1 is 1.27 bits per heavy atom. The zero-order valence-corrected chi connectivity index (χ0v) is 13.5. The highest BCUT2D eigenvalue weighted by Crippen LogP contribution is 2.37. The van der Waals surface area contributed by atoms with Crippen LogP contribution in [0.1, 0.15) is 29.0 Å². The normalized spacial score (nSPS) is 14.3. The summed E-state index contributed by atoms with van der Waals surface area (Å²) in [5.74, 6) is 1.11. The van der Waals surface area contributed by atoms with Crippen LogP contribution in [0.4, 0.5) is 0 Å². The Kier molecular flexibility index (Phi) is 4.24. The quantitative estimate of drug-likeness (QED) is 0.906. The molecule has 1 amide bonds. The van der Waals surface area contributed by atoms with Gasteiger partial charge in [0, 0.05) is 16.9 Å². The number of aromatic nitrogens is 2. The summed E-state index contributed by atoms with van der Waals surface area (Å²) in [6, 6.07) is 3.51. The first-order chi connectivity index (χ1) is 10.6. The molecule has 0 fully saturated rings. The van der Waals surface area contributed by atoms with E-state index in [1.807, 2.05) is 19.1 Å². The first kappa shape index (κ1) is 14.8. The fraction of sp³-hybridized carbons (Fsp3) is 0.267. The van der Waals surface area contributed by atoms with Gasteiger partial charge in [-0.2, -0.15) is 0 Å². The maximum Gasteiger partial charge on any atom is 0.271 e. The Balaban J connectivity index is 1.80. The van der Waals surface area contributed by atoms with E-state index in [9.17, 15) is 4.79 Å². The van der Waals surface area contributed by atoms with Crippen LogP contribution in [0, 0.1) is 0 Å². The van der Waals surface area contributed by atoms with E-state index in [1.165, 1.54) is 18.6 Å². The highest BCUT2D eigenvalue weighted by Gasteiger charge is 2.20. The van der Waals surface area contributed by atoms with Crippen LogP contribution in [0.15, 0.2) is 35.2 Å². The van der Waals surface area contributed by atoms with Crippen LogP contribution in [0.5, 0.6) is 11.5 Å². The predicted octanol–water partition coefficient (Wildman–Crippen LogP) is 2.50. The number of carbonyl (C=O) groups is 1. The molecule has 1 aliphatic heterocycles. The van der Waals surface area contributed by atoms with Crippen LogP contribution in [-0.4, -0.2) is 29.1 Å². The minimum absolute atomic E-state index is 0.222. The first-order valence-electron chi connectivity index (χ1n) is 6.81. The second-order valence-corrected chi connectivity index (χ2v) is 5.66. The van der Waals surface area contributed by atoms with E-state index in [0.29, 0.717) is 24.7 Å². The van der Waals surface area contributed by atoms with Gasteiger partial charge in [-0.05, 0) is 24.6 Å². The molecule has 2 heterocycles. The molecule has 22 heavy (non-hydrogen) atoms. The molecule has 114 valence electrons. The Labute approximate surface area is 136 Å². The number of halogens is 1. The van der Waals surface area contributed by atoms with Gasteiger partial charge in [0.05, 0.1) is 12.2 Å². The Hall–Kier alpha value is -2.15. The lowest BCUT2D eigenvalue weighted by molar-refractivity contribution is 0.0934. The zero-order valence-electron chi connectivity index (χ0n) is 11.9. The molecule has 0 radical (unpaired) electrons. The van der Waals surface area contributed by atoms with Crippen LogP contribution in [0.25, 0.3) is 0 Å². The Morgan fingerprint density at radius 2 is 2.00 bits per heavy atom. The molecule has 0 saturated carbocycles. The topological polar surface area (TPSA) is 73.3 Å². The summed E-state index contributed by atoms with van der Waals surface area (Å²) in [4.78, 5) is 20.0. The highest BCUT2D eigenvalue weighted by molar-refractivity contribution is 9.10. The second kappa shape index (κ2) is 6.31. The molecule has 0 spiro atoms. The summed E-state index contributed by atoms with van der Waals surface area (Å²) >= 11 is 3.51. The van der Waals surface area contributed by atoms with Crippen LogP contribution < -0.4 is 14.8 Å². The van der Waals surface area contributed by atoms with Crippen molar-refractivity contribution in [3.8, 4) is 11.5 Å². The fourth-order valence-electron chi connectivity index (χ4n) is 2.18. The molecule has 1 N–H and O–H groups in total. The van der Waals surface area contributed by atoms with Gasteiger partial charge in [0.25, 0.3) is 5.91 Å². The molecule has 1 aromatic carbocycles. The van der Waals surface area contributed by atoms with Crippen molar-refractivity contribution in [2.75, 3.05) is 13.2 Å². The Morgan fingerprint density at radius 3 is 2.68 bits per heavy atom. The monoisotopic (exact) mass is 363 g/mol. The molecule has 7 heteroatoms. The summed E-state index contributed by atoms with van der Waals surface area (Å²) in [5, 5.41) is 2.89. The number of nitrogens with one attached hydrogen (secondary N) is 1. The van der Waals surface area contributed by atoms with E-state index < -0.39 is 0 Å². The molecule has 1 aromatic heterocycles. The minimum atomic E-state index is -0.276. The number of benzene rings is 1. The zero-order chi connectivity index (χ0) is 15.5. The van der Waals surface area contributed by atoms with E-state index in [4.69, 9.17) is 9.47 Å². The third kappa shape index (κ3) is 3.04. The highest BCUT2D eigenvalue weighted by atomic mass is 79.9. The van der Waals surface area contributed by atoms with Crippen molar-refractivity contribution in [3.63, 3.8) is 0 Å². The van der Waals surface area contributed by atoms with Crippen molar-refractivity contribution < 1.29 is 14.3 Å². The molecule has 1 atom stereocenters. The summed E-state index contributed by atoms with van der Waals surface area (Å²) in [7, 11) is 0. The van der Waals surface area contributed by atoms with Gasteiger partial charge in [-0.15, -0.1) is 0 Å². The molecule has 0 saturated heterocycles. The average molecular weight is 364 g/mol. The SMILES string of the molecule is C[C@@H](NC(=O)c1cnccn1)c1cc2c(cc1Br)OCCO2. The molecule has 0 bridgehead atoms. The standard InChI is InChI=1S/C15H14BrN3O3/c1-9(19-15(20)12-8-17-2-3-18-12)10-6-13-14(7-11(10)16)22-5-4-21-13/h2-3,6-9H,4-5H2,1H3,(H,19,20)/t9-/m1/s1. The van der Waals surface area contributed by atoms with Gasteiger partial charge < -0.3 is 14.8 Å². The lowest BCUT2D eigenvalue weighted by atomic mass is 10.1. The third-order valence-corrected chi connectivity index (χ3v) is 3.96. The maximum atomic E-state index is 12.1. The summed E-state index contributed by atoms with van der Waals surface area (Å²) in [6.45, 7) is 2.95. The fourth-order valence-corrected chi connectivity index (χ4v) is 2.84. The molecule has 3 rings (SSSR count). The minimum Gasteiger partial charge on any atom is -0.486 e. The van der Waals surface area contributed by atoms with Crippen LogP contribution in [-0.2, 0) is 0 Å². The molecular weight excluding hydrogens is 350 g/mol. The lowest BCUT2D eigenvalue weighted by Crippen LogP contribution is -2.28. The number of rotatable bonds is 3. The van der Waals surface area contributed by atoms with Gasteiger partial charge in [0.2, 0.25) is 0 Å². The predicted molar refractivity (Wildman–Crippen MR) is 83.0 cm³/mol.